The van der Waals surface area contributed by atoms with E-state index in [2.05, 4.69) is 37.0 Å². The summed E-state index contributed by atoms with van der Waals surface area (Å²) < 4.78 is 13.5. The normalized spacial score (nSPS) is 20.0. The van der Waals surface area contributed by atoms with Crippen molar-refractivity contribution in [1.82, 2.24) is 30.1 Å². The smallest absolute Gasteiger partial charge is 0.252 e. The predicted octanol–water partition coefficient (Wildman–Crippen LogP) is 4.16. The third-order valence-corrected chi connectivity index (χ3v) is 7.53. The Morgan fingerprint density at radius 1 is 1.20 bits per heavy atom. The van der Waals surface area contributed by atoms with E-state index < -0.39 is 0 Å². The first-order valence-electron chi connectivity index (χ1n) is 13.0. The Kier molecular flexibility index (Phi) is 7.43. The minimum atomic E-state index is -0.0678. The lowest BCUT2D eigenvalue weighted by atomic mass is 9.95. The average molecular weight is 481 g/mol. The number of aromatic amines is 1. The number of tetrazole rings is 1. The van der Waals surface area contributed by atoms with E-state index in [1.807, 2.05) is 24.3 Å². The largest absolute Gasteiger partial charge is 0.497 e. The Hall–Kier alpha value is -2.78. The van der Waals surface area contributed by atoms with Gasteiger partial charge >= 0.3 is 0 Å². The lowest BCUT2D eigenvalue weighted by molar-refractivity contribution is 0.0481. The molecule has 2 aromatic heterocycles. The number of fused-ring (bicyclic) bond motifs is 1. The highest BCUT2D eigenvalue weighted by Crippen LogP contribution is 2.33. The van der Waals surface area contributed by atoms with E-state index in [-0.39, 0.29) is 17.7 Å². The van der Waals surface area contributed by atoms with Crippen LogP contribution in [-0.2, 0) is 11.3 Å². The minimum Gasteiger partial charge on any atom is -0.497 e. The van der Waals surface area contributed by atoms with Crippen molar-refractivity contribution in [2.45, 2.75) is 83.0 Å². The molecule has 1 aromatic carbocycles. The van der Waals surface area contributed by atoms with Crippen LogP contribution >= 0.6 is 0 Å². The summed E-state index contributed by atoms with van der Waals surface area (Å²) in [6.45, 7) is 4.21. The number of ether oxygens (including phenoxy) is 2. The Morgan fingerprint density at radius 3 is 2.80 bits per heavy atom. The summed E-state index contributed by atoms with van der Waals surface area (Å²) in [4.78, 5) is 18.5. The van der Waals surface area contributed by atoms with Crippen LogP contribution in [0, 0.1) is 0 Å². The Morgan fingerprint density at radius 2 is 2.06 bits per heavy atom. The van der Waals surface area contributed by atoms with Crippen LogP contribution in [0.3, 0.4) is 0 Å². The van der Waals surface area contributed by atoms with Crippen molar-refractivity contribution in [3.05, 3.63) is 46.0 Å². The van der Waals surface area contributed by atoms with E-state index >= 15 is 0 Å². The first-order valence-corrected chi connectivity index (χ1v) is 13.0. The number of hydrogen-bond donors (Lipinski definition) is 1. The molecule has 0 unspecified atom stereocenters. The zero-order valence-electron chi connectivity index (χ0n) is 20.8. The number of rotatable bonds is 9. The van der Waals surface area contributed by atoms with Crippen LogP contribution in [0.25, 0.3) is 10.9 Å². The van der Waals surface area contributed by atoms with Gasteiger partial charge in [-0.3, -0.25) is 9.69 Å². The second kappa shape index (κ2) is 10.9. The van der Waals surface area contributed by atoms with Gasteiger partial charge in [-0.2, -0.15) is 0 Å². The number of H-pyrrole nitrogens is 1. The number of methoxy groups -OCH3 is 1. The monoisotopic (exact) mass is 480 g/mol. The standard InChI is InChI=1S/C26H36N6O3/c1-3-24(25-28-29-30-32(25)20-8-5-4-6-9-20)31(17-22-10-7-13-35-22)16-19-14-18-15-21(34-2)11-12-23(18)27-26(19)33/h11-12,14-15,20,22,24H,3-10,13,16-17H2,1-2H3,(H,27,33)/t22-,24+/m1/s1. The van der Waals surface area contributed by atoms with Gasteiger partial charge in [0.2, 0.25) is 0 Å². The fourth-order valence-corrected chi connectivity index (χ4v) is 5.65. The Balaban J connectivity index is 1.48. The number of nitrogens with one attached hydrogen (secondary N) is 1. The van der Waals surface area contributed by atoms with Crippen LogP contribution in [0.15, 0.2) is 29.1 Å². The van der Waals surface area contributed by atoms with E-state index in [1.165, 1.54) is 19.3 Å². The predicted molar refractivity (Wildman–Crippen MR) is 133 cm³/mol. The van der Waals surface area contributed by atoms with Crippen molar-refractivity contribution < 1.29 is 9.47 Å². The molecule has 2 aliphatic rings. The maximum absolute atomic E-state index is 13.1. The maximum Gasteiger partial charge on any atom is 0.252 e. The molecule has 1 saturated heterocycles. The van der Waals surface area contributed by atoms with Crippen LogP contribution < -0.4 is 10.3 Å². The molecule has 3 aromatic rings. The zero-order chi connectivity index (χ0) is 24.2. The van der Waals surface area contributed by atoms with Gasteiger partial charge < -0.3 is 14.5 Å². The first kappa shape index (κ1) is 23.9. The van der Waals surface area contributed by atoms with E-state index in [9.17, 15) is 4.79 Å². The van der Waals surface area contributed by atoms with E-state index in [4.69, 9.17) is 9.47 Å². The molecule has 2 fully saturated rings. The summed E-state index contributed by atoms with van der Waals surface area (Å²) in [5.41, 5.74) is 1.46. The minimum absolute atomic E-state index is 0.00321. The molecule has 9 heteroatoms. The molecule has 9 nitrogen and oxygen atoms in total. The lowest BCUT2D eigenvalue weighted by Crippen LogP contribution is -2.38. The molecule has 2 atom stereocenters. The summed E-state index contributed by atoms with van der Waals surface area (Å²) in [5.74, 6) is 1.67. The molecule has 188 valence electrons. The summed E-state index contributed by atoms with van der Waals surface area (Å²) in [5, 5.41) is 14.0. The summed E-state index contributed by atoms with van der Waals surface area (Å²) >= 11 is 0. The van der Waals surface area contributed by atoms with Gasteiger partial charge in [0, 0.05) is 36.2 Å². The molecule has 0 radical (unpaired) electrons. The van der Waals surface area contributed by atoms with Crippen LogP contribution in [0.4, 0.5) is 0 Å². The Bertz CT molecular complexity index is 1180. The van der Waals surface area contributed by atoms with Crippen molar-refractivity contribution >= 4 is 10.9 Å². The summed E-state index contributed by atoms with van der Waals surface area (Å²) in [6.07, 6.45) is 9.07. The Labute approximate surface area is 205 Å². The molecule has 3 heterocycles. The summed E-state index contributed by atoms with van der Waals surface area (Å²) in [7, 11) is 1.65. The first-order chi connectivity index (χ1) is 17.2. The molecule has 1 saturated carbocycles. The quantitative estimate of drug-likeness (QED) is 0.491. The van der Waals surface area contributed by atoms with Crippen LogP contribution in [0.2, 0.25) is 0 Å². The highest BCUT2D eigenvalue weighted by Gasteiger charge is 2.31. The molecule has 5 rings (SSSR count). The number of nitrogens with zero attached hydrogens (tertiary/aromatic N) is 5. The molecule has 35 heavy (non-hydrogen) atoms. The van der Waals surface area contributed by atoms with Gasteiger partial charge in [-0.1, -0.05) is 26.2 Å². The van der Waals surface area contributed by atoms with Gasteiger partial charge in [-0.15, -0.1) is 5.10 Å². The topological polar surface area (TPSA) is 98.2 Å². The highest BCUT2D eigenvalue weighted by molar-refractivity contribution is 5.80. The van der Waals surface area contributed by atoms with E-state index in [1.54, 1.807) is 7.11 Å². The number of benzene rings is 1. The third-order valence-electron chi connectivity index (χ3n) is 7.53. The molecule has 1 N–H and O–H groups in total. The van der Waals surface area contributed by atoms with Crippen molar-refractivity contribution in [2.75, 3.05) is 20.3 Å². The molecular weight excluding hydrogens is 444 g/mol. The van der Waals surface area contributed by atoms with Gasteiger partial charge in [0.1, 0.15) is 5.75 Å². The van der Waals surface area contributed by atoms with Gasteiger partial charge in [0.25, 0.3) is 5.56 Å². The van der Waals surface area contributed by atoms with Crippen molar-refractivity contribution in [3.63, 3.8) is 0 Å². The van der Waals surface area contributed by atoms with Gasteiger partial charge in [0.15, 0.2) is 5.82 Å². The number of pyridine rings is 1. The van der Waals surface area contributed by atoms with Gasteiger partial charge in [0.05, 0.1) is 25.3 Å². The molecule has 0 spiro atoms. The van der Waals surface area contributed by atoms with E-state index in [0.717, 1.165) is 73.3 Å². The molecular formula is C26H36N6O3. The third kappa shape index (κ3) is 5.26. The SMILES string of the molecule is CC[C@@H](c1nnnn1C1CCCCC1)N(Cc1cc2cc(OC)ccc2[nH]c1=O)C[C@H]1CCCO1. The maximum atomic E-state index is 13.1. The number of aromatic nitrogens is 5. The number of hydrogen-bond acceptors (Lipinski definition) is 7. The van der Waals surface area contributed by atoms with Crippen LogP contribution in [-0.4, -0.2) is 56.5 Å². The van der Waals surface area contributed by atoms with Crippen LogP contribution in [0.1, 0.15) is 81.8 Å². The fourth-order valence-electron chi connectivity index (χ4n) is 5.65. The molecule has 0 amide bonds. The fraction of sp³-hybridized carbons (Fsp3) is 0.615. The van der Waals surface area contributed by atoms with Crippen molar-refractivity contribution in [2.24, 2.45) is 0 Å². The second-order valence-corrected chi connectivity index (χ2v) is 9.84. The average Bonchev–Trinajstić information content (AvgIpc) is 3.58. The molecule has 0 bridgehead atoms. The lowest BCUT2D eigenvalue weighted by Gasteiger charge is -2.33. The zero-order valence-corrected chi connectivity index (χ0v) is 20.8. The van der Waals surface area contributed by atoms with Gasteiger partial charge in [-0.05, 0) is 66.8 Å². The van der Waals surface area contributed by atoms with Crippen molar-refractivity contribution in [1.29, 1.82) is 0 Å². The van der Waals surface area contributed by atoms with E-state index in [0.29, 0.717) is 12.6 Å². The second-order valence-electron chi connectivity index (χ2n) is 9.84. The van der Waals surface area contributed by atoms with Crippen LogP contribution in [0.5, 0.6) is 5.75 Å². The molecule has 1 aliphatic heterocycles. The highest BCUT2D eigenvalue weighted by atomic mass is 16.5. The molecule has 1 aliphatic carbocycles. The van der Waals surface area contributed by atoms with Gasteiger partial charge in [-0.25, -0.2) is 4.68 Å². The summed E-state index contributed by atoms with van der Waals surface area (Å²) in [6, 6.07) is 8.03. The van der Waals surface area contributed by atoms with Crippen molar-refractivity contribution in [3.8, 4) is 5.75 Å².